The monoisotopic (exact) mass is 354 g/mol. The van der Waals surface area contributed by atoms with Gasteiger partial charge in [0, 0.05) is 36.3 Å². The number of H-pyrrole nitrogens is 2. The molecule has 4 rings (SSSR count). The standard InChI is InChI=1S/C20H26N4O2/c25-19-17-6-10-24(11-7-18(17)22-23-19)20(26)16-3-1-2-15(13-16)12-14-4-8-21-9-5-14/h1-3,13-14,21H,4-12H2,(H2,22,23,25). The highest BCUT2D eigenvalue weighted by Crippen LogP contribution is 2.20. The summed E-state index contributed by atoms with van der Waals surface area (Å²) in [5.74, 6) is 0.773. The lowest BCUT2D eigenvalue weighted by Gasteiger charge is -2.23. The van der Waals surface area contributed by atoms with Gasteiger partial charge in [0.15, 0.2) is 0 Å². The van der Waals surface area contributed by atoms with E-state index in [0.717, 1.165) is 36.3 Å². The van der Waals surface area contributed by atoms with Gasteiger partial charge in [-0.05, 0) is 62.4 Å². The number of carbonyl (C=O) groups is 1. The van der Waals surface area contributed by atoms with Gasteiger partial charge < -0.3 is 15.3 Å². The van der Waals surface area contributed by atoms with Crippen LogP contribution in [0.1, 0.15) is 40.0 Å². The number of benzene rings is 1. The van der Waals surface area contributed by atoms with Gasteiger partial charge in [-0.25, -0.2) is 0 Å². The zero-order valence-electron chi connectivity index (χ0n) is 15.0. The zero-order valence-corrected chi connectivity index (χ0v) is 15.0. The molecule has 0 radical (unpaired) electrons. The van der Waals surface area contributed by atoms with Crippen LogP contribution in [0.4, 0.5) is 0 Å². The lowest BCUT2D eigenvalue weighted by atomic mass is 9.90. The first kappa shape index (κ1) is 17.1. The van der Waals surface area contributed by atoms with Gasteiger partial charge in [0.05, 0.1) is 0 Å². The van der Waals surface area contributed by atoms with Crippen molar-refractivity contribution in [3.05, 3.63) is 57.0 Å². The molecule has 1 aromatic carbocycles. The van der Waals surface area contributed by atoms with E-state index in [0.29, 0.717) is 31.8 Å². The van der Waals surface area contributed by atoms with Gasteiger partial charge in [0.25, 0.3) is 11.5 Å². The maximum atomic E-state index is 13.0. The van der Waals surface area contributed by atoms with Crippen molar-refractivity contribution in [1.29, 1.82) is 0 Å². The van der Waals surface area contributed by atoms with Crippen LogP contribution in [0.2, 0.25) is 0 Å². The summed E-state index contributed by atoms with van der Waals surface area (Å²) >= 11 is 0. The van der Waals surface area contributed by atoms with Gasteiger partial charge in [-0.2, -0.15) is 0 Å². The molecule has 6 heteroatoms. The van der Waals surface area contributed by atoms with Crippen molar-refractivity contribution in [1.82, 2.24) is 20.4 Å². The molecule has 1 fully saturated rings. The van der Waals surface area contributed by atoms with Crippen LogP contribution in [0.5, 0.6) is 0 Å². The second kappa shape index (κ2) is 7.50. The highest BCUT2D eigenvalue weighted by molar-refractivity contribution is 5.94. The second-order valence-electron chi connectivity index (χ2n) is 7.43. The number of aromatic nitrogens is 2. The van der Waals surface area contributed by atoms with Gasteiger partial charge >= 0.3 is 0 Å². The minimum absolute atomic E-state index is 0.0572. The van der Waals surface area contributed by atoms with Gasteiger partial charge in [-0.15, -0.1) is 0 Å². The molecule has 0 unspecified atom stereocenters. The summed E-state index contributed by atoms with van der Waals surface area (Å²) in [7, 11) is 0. The SMILES string of the molecule is O=C(c1cccc(CC2CCNCC2)c1)N1CCc2[nH][nH]c(=O)c2CC1. The number of carbonyl (C=O) groups excluding carboxylic acids is 1. The van der Waals surface area contributed by atoms with Crippen molar-refractivity contribution in [3.63, 3.8) is 0 Å². The van der Waals surface area contributed by atoms with E-state index in [1.807, 2.05) is 17.0 Å². The van der Waals surface area contributed by atoms with E-state index in [9.17, 15) is 9.59 Å². The van der Waals surface area contributed by atoms with Gasteiger partial charge in [0.2, 0.25) is 0 Å². The molecular formula is C20H26N4O2. The molecule has 138 valence electrons. The first-order valence-corrected chi connectivity index (χ1v) is 9.58. The average molecular weight is 354 g/mol. The number of hydrogen-bond donors (Lipinski definition) is 3. The molecule has 0 aliphatic carbocycles. The molecule has 6 nitrogen and oxygen atoms in total. The largest absolute Gasteiger partial charge is 0.338 e. The summed E-state index contributed by atoms with van der Waals surface area (Å²) < 4.78 is 0. The average Bonchev–Trinajstić information content (AvgIpc) is 2.89. The molecule has 1 amide bonds. The molecular weight excluding hydrogens is 328 g/mol. The molecule has 0 atom stereocenters. The van der Waals surface area contributed by atoms with Gasteiger partial charge in [-0.1, -0.05) is 12.1 Å². The zero-order chi connectivity index (χ0) is 17.9. The fourth-order valence-corrected chi connectivity index (χ4v) is 4.14. The van der Waals surface area contributed by atoms with Crippen molar-refractivity contribution in [3.8, 4) is 0 Å². The molecule has 1 aromatic heterocycles. The molecule has 2 aromatic rings. The minimum Gasteiger partial charge on any atom is -0.338 e. The number of nitrogens with one attached hydrogen (secondary N) is 3. The summed E-state index contributed by atoms with van der Waals surface area (Å²) in [6.07, 6.45) is 4.75. The highest BCUT2D eigenvalue weighted by Gasteiger charge is 2.22. The molecule has 1 saturated heterocycles. The van der Waals surface area contributed by atoms with Crippen molar-refractivity contribution in [2.24, 2.45) is 5.92 Å². The first-order chi connectivity index (χ1) is 12.7. The predicted octanol–water partition coefficient (Wildman–Crippen LogP) is 1.49. The molecule has 3 heterocycles. The molecule has 26 heavy (non-hydrogen) atoms. The Kier molecular flexibility index (Phi) is 4.93. The van der Waals surface area contributed by atoms with Crippen molar-refractivity contribution in [2.45, 2.75) is 32.1 Å². The number of rotatable bonds is 3. The van der Waals surface area contributed by atoms with Crippen LogP contribution in [-0.4, -0.2) is 47.2 Å². The van der Waals surface area contributed by atoms with Crippen molar-refractivity contribution < 1.29 is 4.79 Å². The Labute approximate surface area is 153 Å². The first-order valence-electron chi connectivity index (χ1n) is 9.58. The molecule has 2 aliphatic rings. The normalized spacial score (nSPS) is 18.4. The van der Waals surface area contributed by atoms with Crippen LogP contribution in [0.15, 0.2) is 29.1 Å². The fraction of sp³-hybridized carbons (Fsp3) is 0.500. The maximum absolute atomic E-state index is 13.0. The number of hydrogen-bond acceptors (Lipinski definition) is 3. The summed E-state index contributed by atoms with van der Waals surface area (Å²) in [6, 6.07) is 8.09. The van der Waals surface area contributed by atoms with E-state index >= 15 is 0 Å². The Morgan fingerprint density at radius 2 is 1.92 bits per heavy atom. The van der Waals surface area contributed by atoms with Gasteiger partial charge in [-0.3, -0.25) is 14.7 Å². The Morgan fingerprint density at radius 3 is 2.77 bits per heavy atom. The smallest absolute Gasteiger partial charge is 0.267 e. The van der Waals surface area contributed by atoms with Crippen LogP contribution in [0.25, 0.3) is 0 Å². The maximum Gasteiger partial charge on any atom is 0.267 e. The lowest BCUT2D eigenvalue weighted by molar-refractivity contribution is 0.0762. The predicted molar refractivity (Wildman–Crippen MR) is 100 cm³/mol. The Bertz CT molecular complexity index is 832. The summed E-state index contributed by atoms with van der Waals surface area (Å²) in [4.78, 5) is 26.6. The van der Waals surface area contributed by atoms with Crippen LogP contribution in [0.3, 0.4) is 0 Å². The number of piperidine rings is 1. The molecule has 2 aliphatic heterocycles. The van der Waals surface area contributed by atoms with Crippen LogP contribution < -0.4 is 10.9 Å². The van der Waals surface area contributed by atoms with Crippen LogP contribution in [0, 0.1) is 5.92 Å². The molecule has 0 bridgehead atoms. The van der Waals surface area contributed by atoms with Crippen molar-refractivity contribution >= 4 is 5.91 Å². The summed E-state index contributed by atoms with van der Waals surface area (Å²) in [5, 5.41) is 8.98. The lowest BCUT2D eigenvalue weighted by Crippen LogP contribution is -2.33. The van der Waals surface area contributed by atoms with E-state index in [4.69, 9.17) is 0 Å². The number of amides is 1. The molecule has 0 spiro atoms. The van der Waals surface area contributed by atoms with E-state index in [1.54, 1.807) is 0 Å². The van der Waals surface area contributed by atoms with Crippen LogP contribution in [-0.2, 0) is 19.3 Å². The topological polar surface area (TPSA) is 81.0 Å². The quantitative estimate of drug-likeness (QED) is 0.781. The second-order valence-corrected chi connectivity index (χ2v) is 7.43. The molecule has 3 N–H and O–H groups in total. The van der Waals surface area contributed by atoms with Crippen molar-refractivity contribution in [2.75, 3.05) is 26.2 Å². The van der Waals surface area contributed by atoms with Gasteiger partial charge in [0.1, 0.15) is 0 Å². The van der Waals surface area contributed by atoms with Crippen LogP contribution >= 0.6 is 0 Å². The summed E-state index contributed by atoms with van der Waals surface area (Å²) in [5.41, 5.74) is 3.68. The number of fused-ring (bicyclic) bond motifs is 1. The fourth-order valence-electron chi connectivity index (χ4n) is 4.14. The third kappa shape index (κ3) is 3.60. The Morgan fingerprint density at radius 1 is 1.12 bits per heavy atom. The van der Waals surface area contributed by atoms with E-state index in [-0.39, 0.29) is 11.5 Å². The summed E-state index contributed by atoms with van der Waals surface area (Å²) in [6.45, 7) is 3.41. The van der Waals surface area contributed by atoms with E-state index in [2.05, 4.69) is 27.6 Å². The third-order valence-corrected chi connectivity index (χ3v) is 5.67. The van der Waals surface area contributed by atoms with E-state index < -0.39 is 0 Å². The minimum atomic E-state index is -0.0572. The third-order valence-electron chi connectivity index (χ3n) is 5.67. The molecule has 0 saturated carbocycles. The number of nitrogens with zero attached hydrogens (tertiary/aromatic N) is 1. The number of aromatic amines is 2. The Hall–Kier alpha value is -2.34. The Balaban J connectivity index is 1.44. The highest BCUT2D eigenvalue weighted by atomic mass is 16.2. The van der Waals surface area contributed by atoms with E-state index in [1.165, 1.54) is 18.4 Å².